The minimum Gasteiger partial charge on any atom is -0.324 e. The molecule has 12 aromatic carbocycles. The van der Waals surface area contributed by atoms with Crippen LogP contribution in [-0.2, 0) is 39.2 Å². The average molecular weight is 1550 g/mol. The van der Waals surface area contributed by atoms with E-state index in [-0.39, 0.29) is 0 Å². The summed E-state index contributed by atoms with van der Waals surface area (Å²) in [6.45, 7) is 17.8. The van der Waals surface area contributed by atoms with Crippen LogP contribution in [0.1, 0.15) is 99.9 Å². The van der Waals surface area contributed by atoms with Crippen LogP contribution in [0.2, 0.25) is 0 Å². The number of fused-ring (bicyclic) bond motifs is 20. The predicted molar refractivity (Wildman–Crippen MR) is 419 cm³/mol. The van der Waals surface area contributed by atoms with Crippen molar-refractivity contribution in [1.29, 1.82) is 0 Å². The molecule has 3 aromatic heterocycles. The number of aromatic nitrogens is 8. The third-order valence-electron chi connectivity index (χ3n) is 20.3. The molecule has 520 valence electrons. The molecule has 0 radical (unpaired) electrons. The Morgan fingerprint density at radius 2 is 0.410 bits per heavy atom. The van der Waals surface area contributed by atoms with Gasteiger partial charge < -0.3 is 9.97 Å². The number of hydrogen-bond acceptors (Lipinski definition) is 10. The van der Waals surface area contributed by atoms with Crippen LogP contribution in [0.3, 0.4) is 0 Å². The second kappa shape index (κ2) is 27.6. The second-order valence-electron chi connectivity index (χ2n) is 28.3. The predicted octanol–water partition coefficient (Wildman–Crippen LogP) is 22.3. The van der Waals surface area contributed by atoms with E-state index in [1.165, 1.54) is 0 Å². The van der Waals surface area contributed by atoms with Crippen molar-refractivity contribution in [3.05, 3.63) is 360 Å². The summed E-state index contributed by atoms with van der Waals surface area (Å²) in [5, 5.41) is 3.82. The standard InChI is InChI=1S/C32H18N8.4C15H16O.Pt/c1-2-10-18-17(9-1)25-33-26(18)38-28-21-13-5-6-14-22(21)30(35-28)40-32-24-16-8-7-15-23(24)31(36-32)39-29-20-12-4-3-11-19(20)27(34-29)37-25;4*1-15(2,12-8-4-3-5-9-12)13-10-6-7-11-14(13)16;/h1-16H,(H2,33,34,35,36,37,38,39,40);4*3-11,16H,1-2H3;/q;;;;;+4/p-4. The number of hydrogen-bond donors (Lipinski definition) is 2. The molecule has 5 heterocycles. The number of aromatic amines is 2. The molecule has 15 aromatic rings. The van der Waals surface area contributed by atoms with Crippen molar-refractivity contribution in [2.75, 3.05) is 0 Å². The molecule has 0 atom stereocenters. The van der Waals surface area contributed by atoms with Gasteiger partial charge >= 0.3 is 394 Å². The first-order valence-electron chi connectivity index (χ1n) is 35.3. The Bertz CT molecular complexity index is 5190. The van der Waals surface area contributed by atoms with Gasteiger partial charge in [-0.3, -0.25) is 0 Å². The first-order valence-corrected chi connectivity index (χ1v) is 39.0. The minimum atomic E-state index is -5.30. The minimum absolute atomic E-state index is 0.474. The summed E-state index contributed by atoms with van der Waals surface area (Å²) in [6, 6.07) is 107. The SMILES string of the molecule is CC(C)(c1ccccc1)c1ccccc1[O][Pt]([O]c1ccccc1C(C)(C)c1ccccc1)([O]c1ccccc1C(C)(C)c1ccccc1)[O]c1ccccc1C(C)(C)c1ccccc1.c1ccc2c(c1)-c1nc-2nc2[nH]c(nc3nc(nc4[nH]c(n1)c1ccccc41)-c1ccccc1-3)c1ccccc21. The molecule has 0 fully saturated rings. The van der Waals surface area contributed by atoms with Gasteiger partial charge in [0.15, 0.2) is 23.3 Å². The third-order valence-corrected chi connectivity index (χ3v) is 24.5. The molecule has 13 heteroatoms. The Kier molecular flexibility index (Phi) is 17.7. The van der Waals surface area contributed by atoms with Gasteiger partial charge in [-0.2, -0.15) is 0 Å². The second-order valence-corrected chi connectivity index (χ2v) is 32.4. The van der Waals surface area contributed by atoms with Crippen molar-refractivity contribution in [1.82, 2.24) is 39.9 Å². The Labute approximate surface area is 616 Å². The van der Waals surface area contributed by atoms with Crippen LogP contribution in [0.15, 0.2) is 315 Å². The molecular weight excluding hydrogens is 1480 g/mol. The zero-order valence-corrected chi connectivity index (χ0v) is 61.9. The zero-order valence-electron chi connectivity index (χ0n) is 59.7. The van der Waals surface area contributed by atoms with E-state index in [0.717, 1.165) is 88.3 Å². The first-order chi connectivity index (χ1) is 51.0. The van der Waals surface area contributed by atoms with Gasteiger partial charge in [0.1, 0.15) is 22.6 Å². The van der Waals surface area contributed by atoms with Gasteiger partial charge in [-0.1, -0.05) is 97.1 Å². The molecule has 0 saturated heterocycles. The van der Waals surface area contributed by atoms with Gasteiger partial charge in [0.05, 0.1) is 0 Å². The largest absolute Gasteiger partial charge is 0.324 e. The topological polar surface area (TPSA) is 146 Å². The number of para-hydroxylation sites is 4. The van der Waals surface area contributed by atoms with Crippen molar-refractivity contribution in [2.45, 2.75) is 77.0 Å². The molecule has 2 N–H and O–H groups in total. The quantitative estimate of drug-likeness (QED) is 0.0959. The monoisotopic (exact) mass is 1550 g/mol. The fraction of sp³-hybridized carbons (Fsp3) is 0.130. The summed E-state index contributed by atoms with van der Waals surface area (Å²) in [5.74, 6) is 4.88. The first kappa shape index (κ1) is 67.4. The van der Waals surface area contributed by atoms with Gasteiger partial charge in [0.25, 0.3) is 0 Å². The normalized spacial score (nSPS) is 12.3. The maximum Gasteiger partial charge on any atom is 0.164 e. The van der Waals surface area contributed by atoms with Crippen LogP contribution in [-0.4, -0.2) is 39.9 Å². The summed E-state index contributed by atoms with van der Waals surface area (Å²) in [7, 11) is 0. The van der Waals surface area contributed by atoms with Gasteiger partial charge in [-0.25, -0.2) is 29.9 Å². The molecule has 2 aliphatic heterocycles. The number of rotatable bonds is 16. The molecule has 0 spiro atoms. The third kappa shape index (κ3) is 12.9. The molecule has 0 aliphatic carbocycles. The zero-order chi connectivity index (χ0) is 71.9. The molecule has 0 saturated carbocycles. The van der Waals surface area contributed by atoms with Crippen LogP contribution in [0.4, 0.5) is 0 Å². The van der Waals surface area contributed by atoms with E-state index in [2.05, 4.69) is 235 Å². The van der Waals surface area contributed by atoms with E-state index >= 15 is 0 Å². The molecule has 0 unspecified atom stereocenters. The summed E-state index contributed by atoms with van der Waals surface area (Å²) in [6.07, 6.45) is 0. The van der Waals surface area contributed by atoms with Crippen LogP contribution < -0.4 is 13.6 Å². The van der Waals surface area contributed by atoms with Gasteiger partial charge in [0.2, 0.25) is 0 Å². The van der Waals surface area contributed by atoms with Crippen molar-refractivity contribution >= 4 is 44.1 Å². The van der Waals surface area contributed by atoms with E-state index in [0.29, 0.717) is 68.9 Å². The maximum atomic E-state index is 7.69. The Hall–Kier alpha value is -12.1. The smallest absolute Gasteiger partial charge is 0.164 e. The van der Waals surface area contributed by atoms with Crippen LogP contribution in [0.5, 0.6) is 23.0 Å². The molecule has 105 heavy (non-hydrogen) atoms. The number of nitrogens with one attached hydrogen (secondary N) is 2. The van der Waals surface area contributed by atoms with Crippen LogP contribution in [0.25, 0.3) is 89.7 Å². The van der Waals surface area contributed by atoms with E-state index in [1.54, 1.807) is 0 Å². The average Bonchev–Trinajstić information content (AvgIpc) is 1.23. The number of nitrogens with zero attached hydrogens (tertiary/aromatic N) is 6. The van der Waals surface area contributed by atoms with Crippen molar-refractivity contribution in [2.24, 2.45) is 0 Å². The Balaban J connectivity index is 0.000000179. The van der Waals surface area contributed by atoms with Crippen molar-refractivity contribution in [3.8, 4) is 68.5 Å². The van der Waals surface area contributed by atoms with E-state index in [4.69, 9.17) is 43.5 Å². The summed E-state index contributed by atoms with van der Waals surface area (Å²) in [4.78, 5) is 36.8. The molecule has 12 nitrogen and oxygen atoms in total. The van der Waals surface area contributed by atoms with Gasteiger partial charge in [-0.15, -0.1) is 0 Å². The summed E-state index contributed by atoms with van der Waals surface area (Å²) in [5.41, 5.74) is 13.1. The van der Waals surface area contributed by atoms with E-state index in [9.17, 15) is 0 Å². The molecule has 0 amide bonds. The summed E-state index contributed by atoms with van der Waals surface area (Å²) >= 11 is -5.30. The van der Waals surface area contributed by atoms with Gasteiger partial charge in [-0.05, 0) is 0 Å². The molecule has 8 bridgehead atoms. The fourth-order valence-corrected chi connectivity index (χ4v) is 18.8. The van der Waals surface area contributed by atoms with Crippen molar-refractivity contribution < 1.29 is 31.1 Å². The van der Waals surface area contributed by atoms with Crippen LogP contribution in [0, 0.1) is 0 Å². The fourth-order valence-electron chi connectivity index (χ4n) is 14.2. The van der Waals surface area contributed by atoms with E-state index < -0.39 is 39.2 Å². The van der Waals surface area contributed by atoms with Crippen molar-refractivity contribution in [3.63, 3.8) is 0 Å². The van der Waals surface area contributed by atoms with Crippen LogP contribution >= 0.6 is 0 Å². The maximum absolute atomic E-state index is 7.69. The molecule has 17 rings (SSSR count). The Morgan fingerprint density at radius 1 is 0.219 bits per heavy atom. The molecular formula is C92H78N8O4Pt. The van der Waals surface area contributed by atoms with E-state index in [1.807, 2.05) is 146 Å². The number of benzene rings is 12. The van der Waals surface area contributed by atoms with Gasteiger partial charge in [0, 0.05) is 43.8 Å². The Morgan fingerprint density at radius 3 is 0.638 bits per heavy atom. The molecule has 2 aliphatic rings. The number of H-pyrrole nitrogens is 2. The summed E-state index contributed by atoms with van der Waals surface area (Å²) < 4.78 is 30.7.